The quantitative estimate of drug-likeness (QED) is 0.580. The molecule has 110 valence electrons. The predicted octanol–water partition coefficient (Wildman–Crippen LogP) is 0.0772. The molecule has 0 aromatic rings. The van der Waals surface area contributed by atoms with E-state index in [-0.39, 0.29) is 11.6 Å². The summed E-state index contributed by atoms with van der Waals surface area (Å²) >= 11 is 0. The zero-order valence-corrected chi connectivity index (χ0v) is 11.5. The number of aliphatic hydroxyl groups is 1. The summed E-state index contributed by atoms with van der Waals surface area (Å²) in [5.74, 6) is -1.27. The Bertz CT molecular complexity index is 343. The first-order chi connectivity index (χ1) is 8.71. The van der Waals surface area contributed by atoms with Crippen LogP contribution in [-0.2, 0) is 9.53 Å². The number of urea groups is 1. The smallest absolute Gasteiger partial charge is 0.328 e. The molecule has 0 aromatic carbocycles. The summed E-state index contributed by atoms with van der Waals surface area (Å²) < 4.78 is 5.53. The maximum atomic E-state index is 11.7. The summed E-state index contributed by atoms with van der Waals surface area (Å²) in [7, 11) is 0. The molecule has 0 spiro atoms. The van der Waals surface area contributed by atoms with E-state index in [4.69, 9.17) is 9.84 Å². The third-order valence-electron chi connectivity index (χ3n) is 3.07. The lowest BCUT2D eigenvalue weighted by Crippen LogP contribution is -2.55. The highest BCUT2D eigenvalue weighted by Gasteiger charge is 2.31. The van der Waals surface area contributed by atoms with Gasteiger partial charge < -0.3 is 25.6 Å². The molecule has 1 heterocycles. The minimum atomic E-state index is -1.31. The number of amides is 2. The van der Waals surface area contributed by atoms with Crippen molar-refractivity contribution in [2.75, 3.05) is 6.61 Å². The molecule has 2 amide bonds. The second-order valence-corrected chi connectivity index (χ2v) is 5.47. The van der Waals surface area contributed by atoms with Gasteiger partial charge >= 0.3 is 12.0 Å². The maximum absolute atomic E-state index is 11.7. The lowest BCUT2D eigenvalue weighted by atomic mass is 9.94. The Morgan fingerprint density at radius 3 is 2.53 bits per heavy atom. The van der Waals surface area contributed by atoms with Gasteiger partial charge in [0.05, 0.1) is 11.7 Å². The van der Waals surface area contributed by atoms with Gasteiger partial charge in [-0.15, -0.1) is 0 Å². The molecular formula is C12H22N2O5. The zero-order valence-electron chi connectivity index (χ0n) is 11.5. The molecule has 0 aliphatic carbocycles. The van der Waals surface area contributed by atoms with E-state index in [9.17, 15) is 14.7 Å². The molecule has 3 unspecified atom stereocenters. The number of aliphatic carboxylic acids is 1. The molecule has 1 aliphatic heterocycles. The third kappa shape index (κ3) is 5.04. The van der Waals surface area contributed by atoms with Crippen LogP contribution in [-0.4, -0.2) is 52.6 Å². The van der Waals surface area contributed by atoms with Crippen molar-refractivity contribution in [2.45, 2.75) is 57.4 Å². The zero-order chi connectivity index (χ0) is 14.6. The van der Waals surface area contributed by atoms with Gasteiger partial charge in [-0.1, -0.05) is 0 Å². The molecule has 7 heteroatoms. The van der Waals surface area contributed by atoms with Gasteiger partial charge in [0.2, 0.25) is 0 Å². The Labute approximate surface area is 112 Å². The topological polar surface area (TPSA) is 108 Å². The lowest BCUT2D eigenvalue weighted by molar-refractivity contribution is -0.141. The van der Waals surface area contributed by atoms with Crippen LogP contribution in [0.5, 0.6) is 0 Å². The number of nitrogens with one attached hydrogen (secondary N) is 2. The number of ether oxygens (including phenoxy) is 1. The highest BCUT2D eigenvalue weighted by Crippen LogP contribution is 2.23. The summed E-state index contributed by atoms with van der Waals surface area (Å²) in [6, 6.07) is -1.96. The summed E-state index contributed by atoms with van der Waals surface area (Å²) in [5.41, 5.74) is -0.299. The van der Waals surface area contributed by atoms with E-state index in [1.807, 2.05) is 13.8 Å². The van der Waals surface area contributed by atoms with Gasteiger partial charge in [0.15, 0.2) is 6.04 Å². The summed E-state index contributed by atoms with van der Waals surface area (Å²) in [6.45, 7) is 5.75. The van der Waals surface area contributed by atoms with E-state index < -0.39 is 24.1 Å². The lowest BCUT2D eigenvalue weighted by Gasteiger charge is -2.36. The van der Waals surface area contributed by atoms with Gasteiger partial charge in [0, 0.05) is 12.6 Å². The highest BCUT2D eigenvalue weighted by molar-refractivity contribution is 5.83. The molecule has 19 heavy (non-hydrogen) atoms. The molecule has 1 saturated heterocycles. The normalized spacial score (nSPS) is 25.2. The molecule has 1 rings (SSSR count). The van der Waals surface area contributed by atoms with Crippen LogP contribution >= 0.6 is 0 Å². The van der Waals surface area contributed by atoms with Crippen molar-refractivity contribution in [1.82, 2.24) is 10.6 Å². The Hall–Kier alpha value is -1.34. The number of carbonyl (C=O) groups is 2. The number of hydrogen-bond acceptors (Lipinski definition) is 4. The minimum Gasteiger partial charge on any atom is -0.480 e. The van der Waals surface area contributed by atoms with Crippen LogP contribution in [0.15, 0.2) is 0 Å². The molecule has 7 nitrogen and oxygen atoms in total. The SMILES string of the molecule is CC(O)C(NC(=O)NC1CCOC(C)(C)C1)C(=O)O. The van der Waals surface area contributed by atoms with Crippen LogP contribution in [0.2, 0.25) is 0 Å². The number of carboxylic acid groups (broad SMARTS) is 1. The van der Waals surface area contributed by atoms with E-state index in [0.29, 0.717) is 19.4 Å². The fourth-order valence-corrected chi connectivity index (χ4v) is 2.11. The fraction of sp³-hybridized carbons (Fsp3) is 0.833. The summed E-state index contributed by atoms with van der Waals surface area (Å²) in [5, 5.41) is 23.1. The van der Waals surface area contributed by atoms with Gasteiger partial charge in [0.1, 0.15) is 0 Å². The van der Waals surface area contributed by atoms with Crippen molar-refractivity contribution in [3.05, 3.63) is 0 Å². The Kier molecular flexibility index (Phi) is 5.13. The monoisotopic (exact) mass is 274 g/mol. The third-order valence-corrected chi connectivity index (χ3v) is 3.07. The molecule has 3 atom stereocenters. The predicted molar refractivity (Wildman–Crippen MR) is 67.8 cm³/mol. The molecule has 1 aliphatic rings. The van der Waals surface area contributed by atoms with Gasteiger partial charge in [0.25, 0.3) is 0 Å². The van der Waals surface area contributed by atoms with Crippen LogP contribution in [0.25, 0.3) is 0 Å². The van der Waals surface area contributed by atoms with Crippen molar-refractivity contribution < 1.29 is 24.5 Å². The van der Waals surface area contributed by atoms with Gasteiger partial charge in [-0.2, -0.15) is 0 Å². The Morgan fingerprint density at radius 2 is 2.05 bits per heavy atom. The average molecular weight is 274 g/mol. The number of carbonyl (C=O) groups excluding carboxylic acids is 1. The second kappa shape index (κ2) is 6.21. The number of carboxylic acids is 1. The van der Waals surface area contributed by atoms with Crippen molar-refractivity contribution in [3.63, 3.8) is 0 Å². The first kappa shape index (κ1) is 15.7. The van der Waals surface area contributed by atoms with E-state index in [0.717, 1.165) is 0 Å². The summed E-state index contributed by atoms with van der Waals surface area (Å²) in [4.78, 5) is 22.6. The van der Waals surface area contributed by atoms with E-state index in [2.05, 4.69) is 10.6 Å². The number of hydrogen-bond donors (Lipinski definition) is 4. The van der Waals surface area contributed by atoms with E-state index in [1.54, 1.807) is 0 Å². The van der Waals surface area contributed by atoms with Gasteiger partial charge in [-0.05, 0) is 33.6 Å². The van der Waals surface area contributed by atoms with Crippen molar-refractivity contribution in [2.24, 2.45) is 0 Å². The highest BCUT2D eigenvalue weighted by atomic mass is 16.5. The maximum Gasteiger partial charge on any atom is 0.328 e. The van der Waals surface area contributed by atoms with Gasteiger partial charge in [-0.25, -0.2) is 9.59 Å². The van der Waals surface area contributed by atoms with Crippen molar-refractivity contribution in [3.8, 4) is 0 Å². The molecule has 0 saturated carbocycles. The second-order valence-electron chi connectivity index (χ2n) is 5.47. The van der Waals surface area contributed by atoms with Gasteiger partial charge in [-0.3, -0.25) is 0 Å². The molecular weight excluding hydrogens is 252 g/mol. The van der Waals surface area contributed by atoms with Crippen LogP contribution in [0.3, 0.4) is 0 Å². The average Bonchev–Trinajstić information content (AvgIpc) is 2.23. The van der Waals surface area contributed by atoms with E-state index in [1.165, 1.54) is 6.92 Å². The number of aliphatic hydroxyl groups excluding tert-OH is 1. The first-order valence-electron chi connectivity index (χ1n) is 6.33. The molecule has 4 N–H and O–H groups in total. The van der Waals surface area contributed by atoms with Crippen LogP contribution in [0, 0.1) is 0 Å². The Morgan fingerprint density at radius 1 is 1.42 bits per heavy atom. The van der Waals surface area contributed by atoms with Crippen molar-refractivity contribution in [1.29, 1.82) is 0 Å². The molecule has 1 fully saturated rings. The largest absolute Gasteiger partial charge is 0.480 e. The van der Waals surface area contributed by atoms with E-state index >= 15 is 0 Å². The first-order valence-corrected chi connectivity index (χ1v) is 6.33. The van der Waals surface area contributed by atoms with Crippen LogP contribution in [0.1, 0.15) is 33.6 Å². The summed E-state index contributed by atoms with van der Waals surface area (Å²) in [6.07, 6.45) is 0.185. The van der Waals surface area contributed by atoms with Crippen molar-refractivity contribution >= 4 is 12.0 Å². The molecule has 0 radical (unpaired) electrons. The molecule has 0 aromatic heterocycles. The molecule has 0 bridgehead atoms. The van der Waals surface area contributed by atoms with Crippen LogP contribution < -0.4 is 10.6 Å². The number of rotatable bonds is 4. The Balaban J connectivity index is 2.48. The standard InChI is InChI=1S/C12H22N2O5/c1-7(15)9(10(16)17)14-11(18)13-8-4-5-19-12(2,3)6-8/h7-9,15H,4-6H2,1-3H3,(H,16,17)(H2,13,14,18). The van der Waals surface area contributed by atoms with Crippen LogP contribution in [0.4, 0.5) is 4.79 Å². The minimum absolute atomic E-state index is 0.0628. The fourth-order valence-electron chi connectivity index (χ4n) is 2.11.